The van der Waals surface area contributed by atoms with E-state index in [1.807, 2.05) is 26.8 Å². The van der Waals surface area contributed by atoms with Crippen molar-refractivity contribution in [2.75, 3.05) is 4.72 Å². The topological polar surface area (TPSA) is 126 Å². The molecule has 0 bridgehead atoms. The van der Waals surface area contributed by atoms with Gasteiger partial charge in [0.25, 0.3) is 10.0 Å². The van der Waals surface area contributed by atoms with E-state index in [4.69, 9.17) is 10.00 Å². The van der Waals surface area contributed by atoms with Crippen LogP contribution in [0.15, 0.2) is 96.2 Å². The van der Waals surface area contributed by atoms with Crippen molar-refractivity contribution >= 4 is 27.5 Å². The minimum atomic E-state index is -4.11. The number of nitrogens with one attached hydrogen (secondary N) is 1. The Morgan fingerprint density at radius 1 is 0.939 bits per heavy atom. The number of hydrogen-bond donors (Lipinski definition) is 1. The third-order valence-electron chi connectivity index (χ3n) is 8.88. The molecule has 0 radical (unpaired) electrons. The van der Waals surface area contributed by atoms with Crippen LogP contribution >= 0.6 is 0 Å². The van der Waals surface area contributed by atoms with E-state index in [2.05, 4.69) is 9.71 Å². The molecule has 49 heavy (non-hydrogen) atoms. The van der Waals surface area contributed by atoms with Gasteiger partial charge in [-0.3, -0.25) is 14.3 Å². The first-order chi connectivity index (χ1) is 23.2. The van der Waals surface area contributed by atoms with Gasteiger partial charge in [0.2, 0.25) is 0 Å². The van der Waals surface area contributed by atoms with Crippen LogP contribution in [-0.4, -0.2) is 30.8 Å². The normalized spacial score (nSPS) is 16.8. The Bertz CT molecular complexity index is 1900. The van der Waals surface area contributed by atoms with Gasteiger partial charge in [0.05, 0.1) is 5.56 Å². The number of Topliss-reactive ketones (excluding diaryl/α,β-unsaturated/α-hetero) is 1. The summed E-state index contributed by atoms with van der Waals surface area (Å²) >= 11 is 0. The van der Waals surface area contributed by atoms with Crippen LogP contribution in [0.1, 0.15) is 68.2 Å². The molecule has 11 heteroatoms. The molecule has 1 saturated heterocycles. The first-order valence-corrected chi connectivity index (χ1v) is 17.4. The average Bonchev–Trinajstić information content (AvgIpc) is 3.05. The number of halogens is 2. The van der Waals surface area contributed by atoms with Crippen molar-refractivity contribution in [1.29, 1.82) is 5.26 Å². The summed E-state index contributed by atoms with van der Waals surface area (Å²) < 4.78 is 62.1. The number of rotatable bonds is 11. The molecule has 0 amide bonds. The molecule has 1 aromatic heterocycles. The van der Waals surface area contributed by atoms with E-state index >= 15 is 0 Å². The lowest BCUT2D eigenvalue weighted by molar-refractivity contribution is -0.181. The molecule has 4 aromatic rings. The summed E-state index contributed by atoms with van der Waals surface area (Å²) in [5, 5.41) is 8.75. The number of cyclic esters (lactones) is 1. The zero-order valence-corrected chi connectivity index (χ0v) is 28.3. The Kier molecular flexibility index (Phi) is 10.3. The Labute approximate surface area is 285 Å². The molecule has 1 aliphatic rings. The highest BCUT2D eigenvalue weighted by molar-refractivity contribution is 7.92. The zero-order valence-electron chi connectivity index (χ0n) is 27.5. The number of anilines is 1. The molecule has 5 rings (SSSR count). The standard InChI is InChI=1S/C38H37F2N3O5S/c1-37(2,3)35(28-5-4-6-31(21-28)43-49(46,47)33-16-11-27(23-41)24-42-33)34-32(44)22-38(48-36(34)45,19-17-25-7-12-29(39)13-8-25)20-18-26-9-14-30(40)15-10-26/h4-16,21,24,34-35,43H,17-20,22H2,1-3H3. The first kappa shape index (κ1) is 35.4. The minimum Gasteiger partial charge on any atom is -0.458 e. The number of benzene rings is 3. The predicted octanol–water partition coefficient (Wildman–Crippen LogP) is 7.30. The molecule has 0 saturated carbocycles. The van der Waals surface area contributed by atoms with Crippen molar-refractivity contribution in [2.24, 2.45) is 11.3 Å². The van der Waals surface area contributed by atoms with E-state index in [1.54, 1.807) is 48.5 Å². The predicted molar refractivity (Wildman–Crippen MR) is 180 cm³/mol. The summed E-state index contributed by atoms with van der Waals surface area (Å²) in [6, 6.07) is 23.1. The smallest absolute Gasteiger partial charge is 0.317 e. The van der Waals surface area contributed by atoms with Gasteiger partial charge in [0.15, 0.2) is 10.8 Å². The molecule has 1 fully saturated rings. The van der Waals surface area contributed by atoms with E-state index in [-0.39, 0.29) is 40.1 Å². The highest BCUT2D eigenvalue weighted by Crippen LogP contribution is 2.47. The van der Waals surface area contributed by atoms with Crippen LogP contribution in [0.4, 0.5) is 14.5 Å². The molecule has 2 heterocycles. The van der Waals surface area contributed by atoms with Gasteiger partial charge in [0.1, 0.15) is 29.2 Å². The summed E-state index contributed by atoms with van der Waals surface area (Å²) in [5.74, 6) is -3.51. The molecular formula is C38H37F2N3O5S. The van der Waals surface area contributed by atoms with E-state index in [0.717, 1.165) is 11.1 Å². The second-order valence-electron chi connectivity index (χ2n) is 13.5. The lowest BCUT2D eigenvalue weighted by Crippen LogP contribution is -2.51. The number of nitrogens with zero attached hydrogens (tertiary/aromatic N) is 2. The van der Waals surface area contributed by atoms with Gasteiger partial charge in [-0.05, 0) is 96.3 Å². The van der Waals surface area contributed by atoms with Crippen LogP contribution < -0.4 is 4.72 Å². The van der Waals surface area contributed by atoms with Gasteiger partial charge in [-0.1, -0.05) is 57.2 Å². The summed E-state index contributed by atoms with van der Waals surface area (Å²) in [6.07, 6.45) is 2.65. The van der Waals surface area contributed by atoms with Crippen molar-refractivity contribution in [3.8, 4) is 6.07 Å². The molecule has 8 nitrogen and oxygen atoms in total. The van der Waals surface area contributed by atoms with Crippen molar-refractivity contribution in [2.45, 2.75) is 69.4 Å². The van der Waals surface area contributed by atoms with Gasteiger partial charge in [-0.25, -0.2) is 13.8 Å². The quantitative estimate of drug-likeness (QED) is 0.130. The number of aryl methyl sites for hydroxylation is 2. The molecule has 3 aromatic carbocycles. The van der Waals surface area contributed by atoms with Gasteiger partial charge in [-0.2, -0.15) is 13.7 Å². The molecule has 254 valence electrons. The maximum Gasteiger partial charge on any atom is 0.317 e. The Hall–Kier alpha value is -4.95. The number of pyridine rings is 1. The molecular weight excluding hydrogens is 648 g/mol. The van der Waals surface area contributed by atoms with Crippen LogP contribution in [0, 0.1) is 34.3 Å². The van der Waals surface area contributed by atoms with Gasteiger partial charge in [-0.15, -0.1) is 0 Å². The fraction of sp³-hybridized carbons (Fsp3) is 0.316. The lowest BCUT2D eigenvalue weighted by Gasteiger charge is -2.44. The summed E-state index contributed by atoms with van der Waals surface area (Å²) in [4.78, 5) is 32.1. The maximum atomic E-state index is 14.2. The minimum absolute atomic E-state index is 0.0466. The van der Waals surface area contributed by atoms with E-state index < -0.39 is 38.8 Å². The van der Waals surface area contributed by atoms with Crippen molar-refractivity contribution in [3.63, 3.8) is 0 Å². The second-order valence-corrected chi connectivity index (χ2v) is 15.2. The van der Waals surface area contributed by atoms with Crippen molar-refractivity contribution in [3.05, 3.63) is 125 Å². The van der Waals surface area contributed by atoms with E-state index in [9.17, 15) is 26.8 Å². The number of carbonyl (C=O) groups is 2. The Morgan fingerprint density at radius 3 is 2.02 bits per heavy atom. The first-order valence-electron chi connectivity index (χ1n) is 15.9. The van der Waals surface area contributed by atoms with Gasteiger partial charge in [0, 0.05) is 24.2 Å². The third-order valence-corrected chi connectivity index (χ3v) is 10.2. The summed E-state index contributed by atoms with van der Waals surface area (Å²) in [6.45, 7) is 5.71. The van der Waals surface area contributed by atoms with E-state index in [1.165, 1.54) is 42.6 Å². The number of ether oxygens (including phenoxy) is 1. The average molecular weight is 686 g/mol. The van der Waals surface area contributed by atoms with Crippen molar-refractivity contribution < 1.29 is 31.5 Å². The van der Waals surface area contributed by atoms with Crippen LogP contribution in [0.2, 0.25) is 0 Å². The van der Waals surface area contributed by atoms with Crippen LogP contribution in [0.25, 0.3) is 0 Å². The van der Waals surface area contributed by atoms with Gasteiger partial charge < -0.3 is 4.74 Å². The van der Waals surface area contributed by atoms with E-state index in [0.29, 0.717) is 31.2 Å². The molecule has 0 spiro atoms. The molecule has 0 aliphatic carbocycles. The number of ketones is 1. The molecule has 2 unspecified atom stereocenters. The van der Waals surface area contributed by atoms with Gasteiger partial charge >= 0.3 is 5.97 Å². The summed E-state index contributed by atoms with van der Waals surface area (Å²) in [5.41, 5.74) is 0.888. The number of aromatic nitrogens is 1. The zero-order chi connectivity index (χ0) is 35.4. The highest BCUT2D eigenvalue weighted by atomic mass is 32.2. The largest absolute Gasteiger partial charge is 0.458 e. The SMILES string of the molecule is CC(C)(C)C(c1cccc(NS(=O)(=O)c2ccc(C#N)cn2)c1)C1C(=O)CC(CCc2ccc(F)cc2)(CCc2ccc(F)cc2)OC1=O. The highest BCUT2D eigenvalue weighted by Gasteiger charge is 2.51. The Balaban J connectivity index is 1.42. The molecule has 1 N–H and O–H groups in total. The second kappa shape index (κ2) is 14.3. The maximum absolute atomic E-state index is 14.2. The van der Waals surface area contributed by atoms with Crippen molar-refractivity contribution in [1.82, 2.24) is 4.98 Å². The van der Waals surface area contributed by atoms with Crippen LogP contribution in [0.3, 0.4) is 0 Å². The summed E-state index contributed by atoms with van der Waals surface area (Å²) in [7, 11) is -4.11. The Morgan fingerprint density at radius 2 is 1.53 bits per heavy atom. The van der Waals surface area contributed by atoms with Crippen LogP contribution in [0.5, 0.6) is 0 Å². The third kappa shape index (κ3) is 8.56. The fourth-order valence-electron chi connectivity index (χ4n) is 6.45. The fourth-order valence-corrected chi connectivity index (χ4v) is 7.43. The van der Waals surface area contributed by atoms with Crippen LogP contribution in [-0.2, 0) is 37.2 Å². The molecule has 2 atom stereocenters. The number of hydrogen-bond acceptors (Lipinski definition) is 7. The number of nitriles is 1. The number of esters is 1. The lowest BCUT2D eigenvalue weighted by atomic mass is 9.65. The number of sulfonamides is 1. The monoisotopic (exact) mass is 685 g/mol. The number of carbonyl (C=O) groups excluding carboxylic acids is 2. The molecule has 1 aliphatic heterocycles.